The van der Waals surface area contributed by atoms with Gasteiger partial charge >= 0.3 is 0 Å². The Balaban J connectivity index is 2.29. The Labute approximate surface area is 130 Å². The third-order valence-corrected chi connectivity index (χ3v) is 6.48. The molecule has 112 valence electrons. The highest BCUT2D eigenvalue weighted by Gasteiger charge is 2.28. The number of hydrogen-bond acceptors (Lipinski definition) is 3. The molecule has 0 radical (unpaired) electrons. The molecule has 1 saturated heterocycles. The van der Waals surface area contributed by atoms with Gasteiger partial charge < -0.3 is 5.32 Å². The van der Waals surface area contributed by atoms with Crippen molar-refractivity contribution in [3.63, 3.8) is 0 Å². The molecule has 0 aromatic heterocycles. The number of aryl methyl sites for hydroxylation is 2. The normalized spacial score (nSPS) is 20.9. The molecule has 1 nitrogen and oxygen atoms in total. The van der Waals surface area contributed by atoms with Gasteiger partial charge in [0.25, 0.3) is 0 Å². The first kappa shape index (κ1) is 16.2. The molecule has 1 N–H and O–H groups in total. The van der Waals surface area contributed by atoms with E-state index < -0.39 is 0 Å². The molecule has 1 aromatic carbocycles. The van der Waals surface area contributed by atoms with Gasteiger partial charge in [-0.25, -0.2) is 4.39 Å². The van der Waals surface area contributed by atoms with E-state index in [1.807, 2.05) is 37.4 Å². The van der Waals surface area contributed by atoms with Crippen molar-refractivity contribution in [3.8, 4) is 0 Å². The van der Waals surface area contributed by atoms with E-state index in [0.717, 1.165) is 35.4 Å². The van der Waals surface area contributed by atoms with Gasteiger partial charge in [0.15, 0.2) is 0 Å². The molecular weight excluding hydrogens is 289 g/mol. The molecule has 20 heavy (non-hydrogen) atoms. The average Bonchev–Trinajstić information content (AvgIpc) is 2.42. The molecule has 2 unspecified atom stereocenters. The van der Waals surface area contributed by atoms with Crippen LogP contribution in [0.25, 0.3) is 0 Å². The zero-order chi connectivity index (χ0) is 14.5. The fraction of sp³-hybridized carbons (Fsp3) is 0.625. The van der Waals surface area contributed by atoms with Crippen LogP contribution < -0.4 is 5.32 Å². The SMILES string of the molecule is CCCNC(c1c(C)cc(C)cc1F)C1CSCCS1. The largest absolute Gasteiger partial charge is 0.309 e. The summed E-state index contributed by atoms with van der Waals surface area (Å²) in [5.41, 5.74) is 2.96. The highest BCUT2D eigenvalue weighted by molar-refractivity contribution is 8.06. The fourth-order valence-corrected chi connectivity index (χ4v) is 5.59. The summed E-state index contributed by atoms with van der Waals surface area (Å²) in [5.74, 6) is 3.45. The highest BCUT2D eigenvalue weighted by atomic mass is 32.2. The Hall–Kier alpha value is -0.190. The minimum Gasteiger partial charge on any atom is -0.309 e. The maximum Gasteiger partial charge on any atom is 0.128 e. The summed E-state index contributed by atoms with van der Waals surface area (Å²) in [7, 11) is 0. The number of thioether (sulfide) groups is 2. The molecule has 0 spiro atoms. The second kappa shape index (κ2) is 7.71. The summed E-state index contributed by atoms with van der Waals surface area (Å²) >= 11 is 3.98. The zero-order valence-electron chi connectivity index (χ0n) is 12.5. The van der Waals surface area contributed by atoms with Gasteiger partial charge in [-0.05, 0) is 44.0 Å². The first-order chi connectivity index (χ1) is 9.63. The summed E-state index contributed by atoms with van der Waals surface area (Å²) in [5, 5.41) is 4.05. The van der Waals surface area contributed by atoms with Crippen LogP contribution in [0.4, 0.5) is 4.39 Å². The lowest BCUT2D eigenvalue weighted by Crippen LogP contribution is -2.35. The summed E-state index contributed by atoms with van der Waals surface area (Å²) < 4.78 is 14.5. The van der Waals surface area contributed by atoms with Gasteiger partial charge in [0.1, 0.15) is 5.82 Å². The van der Waals surface area contributed by atoms with E-state index in [2.05, 4.69) is 18.3 Å². The molecule has 0 amide bonds. The number of hydrogen-bond donors (Lipinski definition) is 1. The molecule has 4 heteroatoms. The van der Waals surface area contributed by atoms with E-state index in [0.29, 0.717) is 5.25 Å². The highest BCUT2D eigenvalue weighted by Crippen LogP contribution is 2.36. The Morgan fingerprint density at radius 3 is 2.75 bits per heavy atom. The van der Waals surface area contributed by atoms with Gasteiger partial charge in [0.2, 0.25) is 0 Å². The van der Waals surface area contributed by atoms with E-state index >= 15 is 0 Å². The maximum absolute atomic E-state index is 14.5. The van der Waals surface area contributed by atoms with Crippen molar-refractivity contribution in [2.45, 2.75) is 38.5 Å². The lowest BCUT2D eigenvalue weighted by Gasteiger charge is -2.32. The Bertz CT molecular complexity index is 421. The Morgan fingerprint density at radius 2 is 2.15 bits per heavy atom. The first-order valence-electron chi connectivity index (χ1n) is 7.33. The molecule has 1 aliphatic rings. The molecule has 0 aliphatic carbocycles. The van der Waals surface area contributed by atoms with E-state index in [-0.39, 0.29) is 11.9 Å². The van der Waals surface area contributed by atoms with Gasteiger partial charge in [-0.2, -0.15) is 23.5 Å². The summed E-state index contributed by atoms with van der Waals surface area (Å²) in [6.07, 6.45) is 1.08. The topological polar surface area (TPSA) is 12.0 Å². The van der Waals surface area contributed by atoms with Crippen molar-refractivity contribution in [1.29, 1.82) is 0 Å². The smallest absolute Gasteiger partial charge is 0.128 e. The van der Waals surface area contributed by atoms with Crippen molar-refractivity contribution in [1.82, 2.24) is 5.32 Å². The minimum absolute atomic E-state index is 0.0488. The molecular formula is C16H24FNS2. The van der Waals surface area contributed by atoms with Crippen molar-refractivity contribution in [3.05, 3.63) is 34.6 Å². The van der Waals surface area contributed by atoms with Gasteiger partial charge in [0, 0.05) is 34.1 Å². The van der Waals surface area contributed by atoms with Gasteiger partial charge in [-0.3, -0.25) is 0 Å². The predicted octanol–water partition coefficient (Wildman–Crippen LogP) is 4.33. The molecule has 0 saturated carbocycles. The Kier molecular flexibility index (Phi) is 6.24. The third-order valence-electron chi connectivity index (χ3n) is 3.62. The van der Waals surface area contributed by atoms with Crippen LogP contribution in [0.1, 0.15) is 36.1 Å². The second-order valence-corrected chi connectivity index (χ2v) is 7.89. The van der Waals surface area contributed by atoms with Gasteiger partial charge in [0.05, 0.1) is 0 Å². The number of benzene rings is 1. The lowest BCUT2D eigenvalue weighted by atomic mass is 9.96. The molecule has 2 atom stereocenters. The molecule has 1 aromatic rings. The van der Waals surface area contributed by atoms with Crippen molar-refractivity contribution in [2.75, 3.05) is 23.8 Å². The van der Waals surface area contributed by atoms with Crippen LogP contribution in [-0.2, 0) is 0 Å². The van der Waals surface area contributed by atoms with Crippen LogP contribution in [0.2, 0.25) is 0 Å². The number of halogens is 1. The molecule has 0 bridgehead atoms. The minimum atomic E-state index is -0.0488. The lowest BCUT2D eigenvalue weighted by molar-refractivity contribution is 0.495. The third kappa shape index (κ3) is 3.92. The van der Waals surface area contributed by atoms with Crippen LogP contribution in [0.5, 0.6) is 0 Å². The van der Waals surface area contributed by atoms with E-state index in [1.54, 1.807) is 6.07 Å². The summed E-state index contributed by atoms with van der Waals surface area (Å²) in [4.78, 5) is 0. The monoisotopic (exact) mass is 313 g/mol. The van der Waals surface area contributed by atoms with Crippen LogP contribution in [-0.4, -0.2) is 29.1 Å². The molecule has 1 heterocycles. The summed E-state index contributed by atoms with van der Waals surface area (Å²) in [6, 6.07) is 3.90. The zero-order valence-corrected chi connectivity index (χ0v) is 14.2. The van der Waals surface area contributed by atoms with E-state index in [9.17, 15) is 4.39 Å². The predicted molar refractivity (Wildman–Crippen MR) is 90.5 cm³/mol. The first-order valence-corrected chi connectivity index (χ1v) is 9.53. The van der Waals surface area contributed by atoms with Crippen molar-refractivity contribution < 1.29 is 4.39 Å². The standard InChI is InChI=1S/C16H24FNS2/c1-4-5-18-16(14-10-19-6-7-20-14)15-12(3)8-11(2)9-13(15)17/h8-9,14,16,18H,4-7,10H2,1-3H3. The van der Waals surface area contributed by atoms with Crippen LogP contribution in [0.3, 0.4) is 0 Å². The average molecular weight is 314 g/mol. The van der Waals surface area contributed by atoms with Gasteiger partial charge in [-0.1, -0.05) is 13.0 Å². The van der Waals surface area contributed by atoms with E-state index in [4.69, 9.17) is 0 Å². The van der Waals surface area contributed by atoms with E-state index in [1.165, 1.54) is 11.5 Å². The van der Waals surface area contributed by atoms with Crippen LogP contribution in [0.15, 0.2) is 12.1 Å². The van der Waals surface area contributed by atoms with Crippen molar-refractivity contribution in [2.24, 2.45) is 0 Å². The molecule has 1 aliphatic heterocycles. The Morgan fingerprint density at radius 1 is 1.35 bits per heavy atom. The number of rotatable bonds is 5. The fourth-order valence-electron chi connectivity index (χ4n) is 2.74. The summed E-state index contributed by atoms with van der Waals surface area (Å²) in [6.45, 7) is 7.09. The maximum atomic E-state index is 14.5. The van der Waals surface area contributed by atoms with Crippen LogP contribution in [0, 0.1) is 19.7 Å². The van der Waals surface area contributed by atoms with Gasteiger partial charge in [-0.15, -0.1) is 0 Å². The van der Waals surface area contributed by atoms with Crippen LogP contribution >= 0.6 is 23.5 Å². The molecule has 2 rings (SSSR count). The second-order valence-electron chi connectivity index (χ2n) is 5.39. The quantitative estimate of drug-likeness (QED) is 0.869. The van der Waals surface area contributed by atoms with Crippen molar-refractivity contribution >= 4 is 23.5 Å². The molecule has 1 fully saturated rings. The number of nitrogens with one attached hydrogen (secondary N) is 1.